The molecule has 1 aromatic rings. The Hall–Kier alpha value is -1.45. The predicted molar refractivity (Wildman–Crippen MR) is 70.3 cm³/mol. The predicted octanol–water partition coefficient (Wildman–Crippen LogP) is 1.08. The first-order valence-electron chi connectivity index (χ1n) is 6.71. The van der Waals surface area contributed by atoms with Crippen LogP contribution in [0.3, 0.4) is 0 Å². The number of nitriles is 1. The minimum atomic E-state index is -0.0946. The number of likely N-dealkylation sites (N-methyl/N-ethyl adjacent to an activating group) is 2. The van der Waals surface area contributed by atoms with Crippen LogP contribution >= 0.6 is 0 Å². The second kappa shape index (κ2) is 6.13. The van der Waals surface area contributed by atoms with Gasteiger partial charge >= 0.3 is 0 Å². The lowest BCUT2D eigenvalue weighted by molar-refractivity contribution is 0.214. The number of rotatable bonds is 3. The van der Waals surface area contributed by atoms with Crippen LogP contribution in [0, 0.1) is 17.2 Å². The van der Waals surface area contributed by atoms with Crippen LogP contribution < -0.4 is 0 Å². The molecule has 2 unspecified atom stereocenters. The van der Waals surface area contributed by atoms with E-state index in [2.05, 4.69) is 40.1 Å². The van der Waals surface area contributed by atoms with Gasteiger partial charge in [-0.2, -0.15) is 10.2 Å². The summed E-state index contributed by atoms with van der Waals surface area (Å²) in [4.78, 5) is 9.01. The summed E-state index contributed by atoms with van der Waals surface area (Å²) in [5.74, 6) is 1.20. The molecule has 1 fully saturated rings. The highest BCUT2D eigenvalue weighted by molar-refractivity contribution is 4.99. The minimum Gasteiger partial charge on any atom is -0.339 e. The maximum Gasteiger partial charge on any atom is 0.228 e. The number of hydrogen-bond donors (Lipinski definition) is 0. The highest BCUT2D eigenvalue weighted by atomic mass is 16.5. The Balaban J connectivity index is 2.10. The Bertz CT molecular complexity index is 452. The lowest BCUT2D eigenvalue weighted by Gasteiger charge is -2.24. The van der Waals surface area contributed by atoms with Crippen molar-refractivity contribution in [3.05, 3.63) is 11.7 Å². The highest BCUT2D eigenvalue weighted by Gasteiger charge is 2.26. The summed E-state index contributed by atoms with van der Waals surface area (Å²) in [7, 11) is 4.21. The Labute approximate surface area is 114 Å². The van der Waals surface area contributed by atoms with Gasteiger partial charge in [0.15, 0.2) is 5.82 Å². The molecule has 2 heterocycles. The fourth-order valence-electron chi connectivity index (χ4n) is 2.34. The SMILES string of the molecule is CC(C#N)Cc1nc(C2CN(C)CCCN2C)no1. The maximum absolute atomic E-state index is 8.81. The highest BCUT2D eigenvalue weighted by Crippen LogP contribution is 2.21. The van der Waals surface area contributed by atoms with Gasteiger partial charge in [0.2, 0.25) is 5.89 Å². The van der Waals surface area contributed by atoms with Gasteiger partial charge in [0.25, 0.3) is 0 Å². The monoisotopic (exact) mass is 263 g/mol. The third kappa shape index (κ3) is 3.52. The minimum absolute atomic E-state index is 0.0946. The van der Waals surface area contributed by atoms with Crippen LogP contribution in [0.25, 0.3) is 0 Å². The lowest BCUT2D eigenvalue weighted by Crippen LogP contribution is -2.31. The molecule has 19 heavy (non-hydrogen) atoms. The van der Waals surface area contributed by atoms with Gasteiger partial charge in [-0.3, -0.25) is 4.90 Å². The summed E-state index contributed by atoms with van der Waals surface area (Å²) >= 11 is 0. The normalized spacial score (nSPS) is 23.8. The first-order chi connectivity index (χ1) is 9.10. The van der Waals surface area contributed by atoms with Gasteiger partial charge in [-0.15, -0.1) is 0 Å². The van der Waals surface area contributed by atoms with Crippen LogP contribution in [-0.4, -0.2) is 53.7 Å². The van der Waals surface area contributed by atoms with Crippen molar-refractivity contribution in [2.24, 2.45) is 5.92 Å². The first-order valence-corrected chi connectivity index (χ1v) is 6.71. The molecular formula is C13H21N5O. The van der Waals surface area contributed by atoms with Gasteiger partial charge in [0.05, 0.1) is 18.0 Å². The summed E-state index contributed by atoms with van der Waals surface area (Å²) in [5.41, 5.74) is 0. The summed E-state index contributed by atoms with van der Waals surface area (Å²) in [5, 5.41) is 12.9. The topological polar surface area (TPSA) is 69.2 Å². The molecule has 0 aromatic carbocycles. The van der Waals surface area contributed by atoms with Crippen molar-refractivity contribution in [3.63, 3.8) is 0 Å². The van der Waals surface area contributed by atoms with E-state index < -0.39 is 0 Å². The van der Waals surface area contributed by atoms with Gasteiger partial charge in [-0.1, -0.05) is 5.16 Å². The van der Waals surface area contributed by atoms with E-state index in [9.17, 15) is 0 Å². The average Bonchev–Trinajstić information content (AvgIpc) is 2.76. The zero-order valence-electron chi connectivity index (χ0n) is 11.8. The maximum atomic E-state index is 8.81. The standard InChI is InChI=1S/C13H21N5O/c1-10(8-14)7-12-15-13(16-19-12)11-9-17(2)5-4-6-18(11)3/h10-11H,4-7,9H2,1-3H3. The first kappa shape index (κ1) is 14.0. The molecule has 0 bridgehead atoms. The second-order valence-electron chi connectivity index (χ2n) is 5.39. The van der Waals surface area contributed by atoms with E-state index >= 15 is 0 Å². The molecule has 2 rings (SSSR count). The van der Waals surface area contributed by atoms with E-state index in [-0.39, 0.29) is 12.0 Å². The Morgan fingerprint density at radius 1 is 1.47 bits per heavy atom. The largest absolute Gasteiger partial charge is 0.339 e. The van der Waals surface area contributed by atoms with Gasteiger partial charge < -0.3 is 9.42 Å². The van der Waals surface area contributed by atoms with Crippen LogP contribution in [0.4, 0.5) is 0 Å². The molecule has 6 nitrogen and oxygen atoms in total. The molecule has 1 aliphatic rings. The fraction of sp³-hybridized carbons (Fsp3) is 0.769. The zero-order chi connectivity index (χ0) is 13.8. The van der Waals surface area contributed by atoms with Crippen molar-refractivity contribution in [2.45, 2.75) is 25.8 Å². The molecule has 0 radical (unpaired) electrons. The van der Waals surface area contributed by atoms with Crippen LogP contribution in [0.2, 0.25) is 0 Å². The fourth-order valence-corrected chi connectivity index (χ4v) is 2.34. The molecule has 1 aliphatic heterocycles. The third-order valence-electron chi connectivity index (χ3n) is 3.55. The number of hydrogen-bond acceptors (Lipinski definition) is 6. The number of nitrogens with zero attached hydrogens (tertiary/aromatic N) is 5. The molecule has 0 amide bonds. The molecule has 6 heteroatoms. The summed E-state index contributed by atoms with van der Waals surface area (Å²) < 4.78 is 5.26. The molecule has 0 aliphatic carbocycles. The molecule has 0 spiro atoms. The Morgan fingerprint density at radius 3 is 3.00 bits per heavy atom. The average molecular weight is 263 g/mol. The van der Waals surface area contributed by atoms with Crippen molar-refractivity contribution in [2.75, 3.05) is 33.7 Å². The molecule has 1 aromatic heterocycles. The van der Waals surface area contributed by atoms with Gasteiger partial charge in [0.1, 0.15) is 0 Å². The van der Waals surface area contributed by atoms with Crippen molar-refractivity contribution in [3.8, 4) is 6.07 Å². The van der Waals surface area contributed by atoms with Crippen LogP contribution in [0.5, 0.6) is 0 Å². The van der Waals surface area contributed by atoms with Crippen molar-refractivity contribution in [1.29, 1.82) is 5.26 Å². The summed E-state index contributed by atoms with van der Waals surface area (Å²) in [6, 6.07) is 2.35. The van der Waals surface area contributed by atoms with E-state index in [1.807, 2.05) is 6.92 Å². The van der Waals surface area contributed by atoms with E-state index in [4.69, 9.17) is 9.78 Å². The van der Waals surface area contributed by atoms with Crippen molar-refractivity contribution >= 4 is 0 Å². The zero-order valence-corrected chi connectivity index (χ0v) is 11.8. The molecule has 0 N–H and O–H groups in total. The van der Waals surface area contributed by atoms with Gasteiger partial charge in [-0.05, 0) is 40.5 Å². The van der Waals surface area contributed by atoms with Crippen LogP contribution in [-0.2, 0) is 6.42 Å². The molecule has 0 saturated carbocycles. The van der Waals surface area contributed by atoms with Gasteiger partial charge in [-0.25, -0.2) is 0 Å². The summed E-state index contributed by atoms with van der Waals surface area (Å²) in [6.07, 6.45) is 1.68. The van der Waals surface area contributed by atoms with E-state index in [0.29, 0.717) is 12.3 Å². The van der Waals surface area contributed by atoms with Gasteiger partial charge in [0, 0.05) is 13.0 Å². The third-order valence-corrected chi connectivity index (χ3v) is 3.55. The second-order valence-corrected chi connectivity index (χ2v) is 5.39. The molecule has 2 atom stereocenters. The smallest absolute Gasteiger partial charge is 0.228 e. The van der Waals surface area contributed by atoms with Crippen LogP contribution in [0.15, 0.2) is 4.52 Å². The quantitative estimate of drug-likeness (QED) is 0.813. The Morgan fingerprint density at radius 2 is 2.26 bits per heavy atom. The molecule has 1 saturated heterocycles. The molecular weight excluding hydrogens is 242 g/mol. The molecule has 104 valence electrons. The van der Waals surface area contributed by atoms with Crippen molar-refractivity contribution < 1.29 is 4.52 Å². The summed E-state index contributed by atoms with van der Waals surface area (Å²) in [6.45, 7) is 4.89. The van der Waals surface area contributed by atoms with E-state index in [1.54, 1.807) is 0 Å². The van der Waals surface area contributed by atoms with E-state index in [1.165, 1.54) is 0 Å². The Kier molecular flexibility index (Phi) is 4.51. The number of aromatic nitrogens is 2. The van der Waals surface area contributed by atoms with Crippen LogP contribution in [0.1, 0.15) is 31.1 Å². The van der Waals surface area contributed by atoms with Crippen molar-refractivity contribution in [1.82, 2.24) is 19.9 Å². The van der Waals surface area contributed by atoms with E-state index in [0.717, 1.165) is 31.9 Å². The lowest BCUT2D eigenvalue weighted by atomic mass is 10.1.